The van der Waals surface area contributed by atoms with E-state index in [1.165, 1.54) is 18.2 Å². The van der Waals surface area contributed by atoms with Crippen molar-refractivity contribution >= 4 is 11.7 Å². The summed E-state index contributed by atoms with van der Waals surface area (Å²) in [6, 6.07) is 9.11. The summed E-state index contributed by atoms with van der Waals surface area (Å²) < 4.78 is 10.1. The highest BCUT2D eigenvalue weighted by Gasteiger charge is 2.19. The number of nitrogens with zero attached hydrogens (tertiary/aromatic N) is 1. The Morgan fingerprint density at radius 2 is 2.05 bits per heavy atom. The molecule has 0 fully saturated rings. The van der Waals surface area contributed by atoms with Gasteiger partial charge in [0.05, 0.1) is 17.1 Å². The summed E-state index contributed by atoms with van der Waals surface area (Å²) in [5.74, 6) is -0.308. The molecule has 0 amide bonds. The van der Waals surface area contributed by atoms with Crippen molar-refractivity contribution in [1.29, 1.82) is 0 Å². The SMILES string of the molecule is CCOC(=O)c1ccc(-c2ccccc2[N+](=O)[O-])o1. The van der Waals surface area contributed by atoms with Gasteiger partial charge in [-0.2, -0.15) is 0 Å². The molecule has 1 aromatic carbocycles. The van der Waals surface area contributed by atoms with Gasteiger partial charge < -0.3 is 9.15 Å². The number of ether oxygens (including phenoxy) is 1. The van der Waals surface area contributed by atoms with Crippen LogP contribution in [0.25, 0.3) is 11.3 Å². The fourth-order valence-electron chi connectivity index (χ4n) is 1.64. The number of esters is 1. The van der Waals surface area contributed by atoms with Gasteiger partial charge >= 0.3 is 5.97 Å². The summed E-state index contributed by atoms with van der Waals surface area (Å²) in [5, 5.41) is 10.9. The third-order valence-electron chi connectivity index (χ3n) is 2.45. The molecule has 0 aliphatic rings. The Morgan fingerprint density at radius 3 is 2.74 bits per heavy atom. The monoisotopic (exact) mass is 261 g/mol. The van der Waals surface area contributed by atoms with Crippen molar-refractivity contribution in [2.45, 2.75) is 6.92 Å². The number of hydrogen-bond donors (Lipinski definition) is 0. The molecule has 0 radical (unpaired) electrons. The second kappa shape index (κ2) is 5.34. The minimum Gasteiger partial charge on any atom is -0.460 e. The van der Waals surface area contributed by atoms with Crippen LogP contribution in [0.1, 0.15) is 17.5 Å². The number of carbonyl (C=O) groups is 1. The van der Waals surface area contributed by atoms with Gasteiger partial charge in [0.1, 0.15) is 5.76 Å². The molecule has 2 aromatic rings. The molecule has 1 heterocycles. The quantitative estimate of drug-likeness (QED) is 0.480. The van der Waals surface area contributed by atoms with Gasteiger partial charge in [-0.25, -0.2) is 4.79 Å². The van der Waals surface area contributed by atoms with Gasteiger partial charge in [-0.1, -0.05) is 12.1 Å². The highest BCUT2D eigenvalue weighted by Crippen LogP contribution is 2.30. The van der Waals surface area contributed by atoms with Crippen molar-refractivity contribution in [1.82, 2.24) is 0 Å². The van der Waals surface area contributed by atoms with E-state index in [0.717, 1.165) is 0 Å². The number of nitro benzene ring substituents is 1. The predicted molar refractivity (Wildman–Crippen MR) is 66.8 cm³/mol. The standard InChI is InChI=1S/C13H11NO5/c1-2-18-13(15)12-8-7-11(19-12)9-5-3-4-6-10(9)14(16)17/h3-8H,2H2,1H3. The maximum atomic E-state index is 11.5. The van der Waals surface area contributed by atoms with Crippen molar-refractivity contribution in [2.75, 3.05) is 6.61 Å². The molecule has 0 N–H and O–H groups in total. The van der Waals surface area contributed by atoms with E-state index in [0.29, 0.717) is 5.56 Å². The van der Waals surface area contributed by atoms with Crippen molar-refractivity contribution in [3.05, 3.63) is 52.3 Å². The van der Waals surface area contributed by atoms with E-state index < -0.39 is 10.9 Å². The fraction of sp³-hybridized carbons (Fsp3) is 0.154. The van der Waals surface area contributed by atoms with E-state index in [4.69, 9.17) is 9.15 Å². The number of para-hydroxylation sites is 1. The molecule has 0 saturated heterocycles. The van der Waals surface area contributed by atoms with Crippen molar-refractivity contribution < 1.29 is 18.9 Å². The molecule has 0 unspecified atom stereocenters. The predicted octanol–water partition coefficient (Wildman–Crippen LogP) is 3.03. The number of carbonyl (C=O) groups excluding carboxylic acids is 1. The highest BCUT2D eigenvalue weighted by atomic mass is 16.6. The van der Waals surface area contributed by atoms with Crippen LogP contribution in [-0.4, -0.2) is 17.5 Å². The van der Waals surface area contributed by atoms with E-state index >= 15 is 0 Å². The van der Waals surface area contributed by atoms with E-state index in [9.17, 15) is 14.9 Å². The summed E-state index contributed by atoms with van der Waals surface area (Å²) in [4.78, 5) is 21.9. The number of benzene rings is 1. The molecule has 0 aliphatic heterocycles. The van der Waals surface area contributed by atoms with E-state index in [-0.39, 0.29) is 23.8 Å². The molecule has 0 aliphatic carbocycles. The first-order valence-electron chi connectivity index (χ1n) is 5.64. The molecule has 0 saturated carbocycles. The lowest BCUT2D eigenvalue weighted by Crippen LogP contribution is -2.02. The van der Waals surface area contributed by atoms with Gasteiger partial charge in [-0.15, -0.1) is 0 Å². The largest absolute Gasteiger partial charge is 0.460 e. The van der Waals surface area contributed by atoms with Crippen LogP contribution in [0.15, 0.2) is 40.8 Å². The zero-order valence-corrected chi connectivity index (χ0v) is 10.2. The Bertz CT molecular complexity index is 617. The Hall–Kier alpha value is -2.63. The number of hydrogen-bond acceptors (Lipinski definition) is 5. The van der Waals surface area contributed by atoms with Gasteiger partial charge in [0.25, 0.3) is 5.69 Å². The van der Waals surface area contributed by atoms with Crippen LogP contribution in [0.5, 0.6) is 0 Å². The third kappa shape index (κ3) is 2.62. The number of furan rings is 1. The molecule has 6 nitrogen and oxygen atoms in total. The average molecular weight is 261 g/mol. The van der Waals surface area contributed by atoms with E-state index in [1.54, 1.807) is 25.1 Å². The first-order valence-corrected chi connectivity index (χ1v) is 5.64. The smallest absolute Gasteiger partial charge is 0.374 e. The summed E-state index contributed by atoms with van der Waals surface area (Å²) in [6.45, 7) is 1.92. The lowest BCUT2D eigenvalue weighted by atomic mass is 10.1. The first kappa shape index (κ1) is 12.8. The Labute approximate surface area is 108 Å². The van der Waals surface area contributed by atoms with Crippen LogP contribution in [0.3, 0.4) is 0 Å². The number of nitro groups is 1. The van der Waals surface area contributed by atoms with Gasteiger partial charge in [-0.05, 0) is 25.1 Å². The Balaban J connectivity index is 2.38. The topological polar surface area (TPSA) is 82.6 Å². The maximum Gasteiger partial charge on any atom is 0.374 e. The lowest BCUT2D eigenvalue weighted by Gasteiger charge is -1.99. The fourth-order valence-corrected chi connectivity index (χ4v) is 1.64. The Morgan fingerprint density at radius 1 is 1.32 bits per heavy atom. The van der Waals surface area contributed by atoms with Gasteiger partial charge in [0.15, 0.2) is 0 Å². The molecule has 0 atom stereocenters. The van der Waals surface area contributed by atoms with Crippen LogP contribution < -0.4 is 0 Å². The molecular weight excluding hydrogens is 250 g/mol. The molecular formula is C13H11NO5. The second-order valence-electron chi connectivity index (χ2n) is 3.66. The summed E-state index contributed by atoms with van der Waals surface area (Å²) in [7, 11) is 0. The van der Waals surface area contributed by atoms with Crippen LogP contribution in [0, 0.1) is 10.1 Å². The van der Waals surface area contributed by atoms with Gasteiger partial charge in [-0.3, -0.25) is 10.1 Å². The summed E-state index contributed by atoms with van der Waals surface area (Å²) >= 11 is 0. The number of rotatable bonds is 4. The van der Waals surface area contributed by atoms with Crippen LogP contribution in [0.4, 0.5) is 5.69 Å². The second-order valence-corrected chi connectivity index (χ2v) is 3.66. The van der Waals surface area contributed by atoms with Crippen LogP contribution in [0.2, 0.25) is 0 Å². The van der Waals surface area contributed by atoms with Crippen molar-refractivity contribution in [3.63, 3.8) is 0 Å². The Kier molecular flexibility index (Phi) is 3.61. The molecule has 6 heteroatoms. The summed E-state index contributed by atoms with van der Waals surface area (Å²) in [5.41, 5.74) is 0.246. The molecule has 2 rings (SSSR count). The average Bonchev–Trinajstić information content (AvgIpc) is 2.88. The lowest BCUT2D eigenvalue weighted by molar-refractivity contribution is -0.384. The summed E-state index contributed by atoms with van der Waals surface area (Å²) in [6.07, 6.45) is 0. The van der Waals surface area contributed by atoms with E-state index in [1.807, 2.05) is 0 Å². The normalized spacial score (nSPS) is 10.2. The van der Waals surface area contributed by atoms with Crippen molar-refractivity contribution in [2.24, 2.45) is 0 Å². The third-order valence-corrected chi connectivity index (χ3v) is 2.45. The highest BCUT2D eigenvalue weighted by molar-refractivity contribution is 5.87. The van der Waals surface area contributed by atoms with Gasteiger partial charge in [0.2, 0.25) is 5.76 Å². The van der Waals surface area contributed by atoms with Crippen LogP contribution >= 0.6 is 0 Å². The zero-order valence-electron chi connectivity index (χ0n) is 10.2. The van der Waals surface area contributed by atoms with Crippen LogP contribution in [-0.2, 0) is 4.74 Å². The zero-order chi connectivity index (χ0) is 13.8. The molecule has 0 bridgehead atoms. The van der Waals surface area contributed by atoms with Gasteiger partial charge in [0, 0.05) is 6.07 Å². The minimum atomic E-state index is -0.590. The molecule has 0 spiro atoms. The first-order chi connectivity index (χ1) is 9.13. The minimum absolute atomic E-state index is 0.0231. The molecule has 19 heavy (non-hydrogen) atoms. The molecule has 98 valence electrons. The molecule has 1 aromatic heterocycles. The van der Waals surface area contributed by atoms with Crippen molar-refractivity contribution in [3.8, 4) is 11.3 Å². The maximum absolute atomic E-state index is 11.5. The van der Waals surface area contributed by atoms with E-state index in [2.05, 4.69) is 0 Å².